The van der Waals surface area contributed by atoms with Crippen molar-refractivity contribution in [2.24, 2.45) is 0 Å². The minimum Gasteiger partial charge on any atom is -0.159 e. The van der Waals surface area contributed by atoms with Gasteiger partial charge in [0.05, 0.1) is 0 Å². The molecule has 4 heteroatoms. The van der Waals surface area contributed by atoms with E-state index in [-0.39, 0.29) is 0 Å². The first-order valence-electron chi connectivity index (χ1n) is 3.33. The summed E-state index contributed by atoms with van der Waals surface area (Å²) in [7, 11) is 0. The van der Waals surface area contributed by atoms with Gasteiger partial charge in [-0.15, -0.1) is 0 Å². The van der Waals surface area contributed by atoms with Crippen molar-refractivity contribution in [3.05, 3.63) is 34.3 Å². The summed E-state index contributed by atoms with van der Waals surface area (Å²) in [6.45, 7) is 0. The van der Waals surface area contributed by atoms with Crippen LogP contribution in [0.3, 0.4) is 0 Å². The second-order valence-electron chi connectivity index (χ2n) is 2.26. The number of alkyl halides is 3. The van der Waals surface area contributed by atoms with E-state index in [4.69, 9.17) is 0 Å². The number of hydrogen-bond acceptors (Lipinski definition) is 0. The Morgan fingerprint density at radius 3 is 2.46 bits per heavy atom. The summed E-state index contributed by atoms with van der Waals surface area (Å²) < 4.78 is 35.7. The molecule has 1 aromatic carbocycles. The van der Waals surface area contributed by atoms with Crippen molar-refractivity contribution >= 4 is 15.9 Å². The molecule has 0 bridgehead atoms. The zero-order valence-corrected chi connectivity index (χ0v) is 7.91. The molecular weight excluding hydrogens is 245 g/mol. The Labute approximate surface area is 81.9 Å². The molecule has 0 spiro atoms. The van der Waals surface area contributed by atoms with Crippen molar-refractivity contribution in [3.8, 4) is 11.8 Å². The molecule has 0 radical (unpaired) electrons. The van der Waals surface area contributed by atoms with Crippen molar-refractivity contribution in [2.45, 2.75) is 6.18 Å². The molecule has 0 aliphatic carbocycles. The SMILES string of the molecule is FC(F)(F)C#Cc1cccc(Br)c1. The predicted octanol–water partition coefficient (Wildman–Crippen LogP) is 3.36. The highest BCUT2D eigenvalue weighted by molar-refractivity contribution is 9.10. The van der Waals surface area contributed by atoms with Crippen molar-refractivity contribution in [2.75, 3.05) is 0 Å². The van der Waals surface area contributed by atoms with Crippen LogP contribution in [0.5, 0.6) is 0 Å². The normalized spacial score (nSPS) is 10.5. The van der Waals surface area contributed by atoms with Gasteiger partial charge in [-0.25, -0.2) is 0 Å². The quantitative estimate of drug-likeness (QED) is 0.618. The second kappa shape index (κ2) is 3.84. The van der Waals surface area contributed by atoms with E-state index in [1.54, 1.807) is 12.1 Å². The molecule has 0 aliphatic rings. The van der Waals surface area contributed by atoms with E-state index in [1.165, 1.54) is 18.1 Å². The van der Waals surface area contributed by atoms with Crippen molar-refractivity contribution in [1.82, 2.24) is 0 Å². The lowest BCUT2D eigenvalue weighted by atomic mass is 10.2. The molecule has 0 unspecified atom stereocenters. The third kappa shape index (κ3) is 4.00. The summed E-state index contributed by atoms with van der Waals surface area (Å²) in [4.78, 5) is 0. The van der Waals surface area contributed by atoms with Gasteiger partial charge < -0.3 is 0 Å². The highest BCUT2D eigenvalue weighted by Gasteiger charge is 2.22. The fourth-order valence-corrected chi connectivity index (χ4v) is 1.11. The molecule has 1 rings (SSSR count). The molecule has 0 saturated heterocycles. The standard InChI is InChI=1S/C9H4BrF3/c10-8-3-1-2-7(6-8)4-5-9(11,12)13/h1-3,6H. The molecule has 0 saturated carbocycles. The fourth-order valence-electron chi connectivity index (χ4n) is 0.709. The Hall–Kier alpha value is -0.950. The molecule has 0 aliphatic heterocycles. The van der Waals surface area contributed by atoms with Crippen LogP contribution in [-0.4, -0.2) is 6.18 Å². The van der Waals surface area contributed by atoms with Crippen LogP contribution >= 0.6 is 15.9 Å². The van der Waals surface area contributed by atoms with E-state index in [1.807, 2.05) is 5.92 Å². The van der Waals surface area contributed by atoms with Crippen LogP contribution < -0.4 is 0 Å². The molecule has 1 aromatic rings. The minimum atomic E-state index is -4.43. The van der Waals surface area contributed by atoms with Gasteiger partial charge in [-0.05, 0) is 18.2 Å². The van der Waals surface area contributed by atoms with Crippen molar-refractivity contribution in [3.63, 3.8) is 0 Å². The van der Waals surface area contributed by atoms with Crippen LogP contribution in [0.15, 0.2) is 28.7 Å². The van der Waals surface area contributed by atoms with Crippen LogP contribution in [0, 0.1) is 11.8 Å². The maximum atomic E-state index is 11.7. The fraction of sp³-hybridized carbons (Fsp3) is 0.111. The summed E-state index contributed by atoms with van der Waals surface area (Å²) in [5.74, 6) is 3.21. The third-order valence-corrected chi connectivity index (χ3v) is 1.67. The molecule has 0 aromatic heterocycles. The molecule has 0 amide bonds. The van der Waals surface area contributed by atoms with Crippen molar-refractivity contribution in [1.29, 1.82) is 0 Å². The highest BCUT2D eigenvalue weighted by atomic mass is 79.9. The van der Waals surface area contributed by atoms with Crippen molar-refractivity contribution < 1.29 is 13.2 Å². The summed E-state index contributed by atoms with van der Waals surface area (Å²) in [5, 5.41) is 0. The van der Waals surface area contributed by atoms with E-state index in [9.17, 15) is 13.2 Å². The van der Waals surface area contributed by atoms with Gasteiger partial charge >= 0.3 is 6.18 Å². The topological polar surface area (TPSA) is 0 Å². The van der Waals surface area contributed by atoms with Gasteiger partial charge in [-0.2, -0.15) is 13.2 Å². The first-order valence-corrected chi connectivity index (χ1v) is 4.12. The molecule has 0 fully saturated rings. The van der Waals surface area contributed by atoms with Gasteiger partial charge in [-0.3, -0.25) is 0 Å². The van der Waals surface area contributed by atoms with Crippen LogP contribution in [0.2, 0.25) is 0 Å². The van der Waals surface area contributed by atoms with E-state index < -0.39 is 6.18 Å². The van der Waals surface area contributed by atoms with Gasteiger partial charge in [0.2, 0.25) is 0 Å². The molecule has 68 valence electrons. The first kappa shape index (κ1) is 10.1. The average molecular weight is 249 g/mol. The van der Waals surface area contributed by atoms with Crippen LogP contribution in [0.25, 0.3) is 0 Å². The van der Waals surface area contributed by atoms with E-state index in [2.05, 4.69) is 15.9 Å². The van der Waals surface area contributed by atoms with Gasteiger partial charge in [0.1, 0.15) is 0 Å². The summed E-state index contributed by atoms with van der Waals surface area (Å²) in [5.41, 5.74) is 0.340. The van der Waals surface area contributed by atoms with Gasteiger partial charge in [0.25, 0.3) is 0 Å². The molecule has 0 atom stereocenters. The second-order valence-corrected chi connectivity index (χ2v) is 3.17. The lowest BCUT2D eigenvalue weighted by molar-refractivity contribution is -0.0696. The summed E-state index contributed by atoms with van der Waals surface area (Å²) >= 11 is 3.13. The van der Waals surface area contributed by atoms with E-state index in [0.29, 0.717) is 10.0 Å². The molecule has 0 nitrogen and oxygen atoms in total. The lowest BCUT2D eigenvalue weighted by Gasteiger charge is -1.93. The Kier molecular flexibility index (Phi) is 2.99. The largest absolute Gasteiger partial charge is 0.458 e. The Morgan fingerprint density at radius 2 is 1.92 bits per heavy atom. The van der Waals surface area contributed by atoms with E-state index >= 15 is 0 Å². The zero-order valence-electron chi connectivity index (χ0n) is 6.32. The number of halogens is 4. The van der Waals surface area contributed by atoms with E-state index in [0.717, 1.165) is 0 Å². The maximum Gasteiger partial charge on any atom is 0.458 e. The first-order chi connectivity index (χ1) is 5.97. The van der Waals surface area contributed by atoms with Crippen LogP contribution in [0.4, 0.5) is 13.2 Å². The Morgan fingerprint density at radius 1 is 1.23 bits per heavy atom. The average Bonchev–Trinajstić information content (AvgIpc) is 2.00. The zero-order chi connectivity index (χ0) is 9.90. The van der Waals surface area contributed by atoms with Crippen LogP contribution in [-0.2, 0) is 0 Å². The minimum absolute atomic E-state index is 0.340. The van der Waals surface area contributed by atoms with Crippen LogP contribution in [0.1, 0.15) is 5.56 Å². The molecule has 0 heterocycles. The molecule has 0 N–H and O–H groups in total. The number of rotatable bonds is 0. The highest BCUT2D eigenvalue weighted by Crippen LogP contribution is 2.14. The third-order valence-electron chi connectivity index (χ3n) is 1.17. The lowest BCUT2D eigenvalue weighted by Crippen LogP contribution is -2.01. The van der Waals surface area contributed by atoms with Gasteiger partial charge in [0, 0.05) is 16.0 Å². The summed E-state index contributed by atoms with van der Waals surface area (Å²) in [6, 6.07) is 6.39. The monoisotopic (exact) mass is 248 g/mol. The smallest absolute Gasteiger partial charge is 0.159 e. The number of hydrogen-bond donors (Lipinski definition) is 0. The molecular formula is C9H4BrF3. The number of benzene rings is 1. The maximum absolute atomic E-state index is 11.7. The molecule has 13 heavy (non-hydrogen) atoms. The summed E-state index contributed by atoms with van der Waals surface area (Å²) in [6.07, 6.45) is -4.43. The predicted molar refractivity (Wildman–Crippen MR) is 47.1 cm³/mol. The van der Waals surface area contributed by atoms with Gasteiger partial charge in [-0.1, -0.05) is 27.9 Å². The Bertz CT molecular complexity index is 357. The van der Waals surface area contributed by atoms with Gasteiger partial charge in [0.15, 0.2) is 0 Å². The Balaban J connectivity index is 2.90.